The van der Waals surface area contributed by atoms with Gasteiger partial charge in [-0.15, -0.1) is 0 Å². The van der Waals surface area contributed by atoms with E-state index in [4.69, 9.17) is 14.2 Å². The lowest BCUT2D eigenvalue weighted by Gasteiger charge is -2.14. The van der Waals surface area contributed by atoms with Gasteiger partial charge < -0.3 is 24.8 Å². The van der Waals surface area contributed by atoms with Crippen LogP contribution in [-0.2, 0) is 13.1 Å². The van der Waals surface area contributed by atoms with E-state index in [2.05, 4.69) is 20.6 Å². The van der Waals surface area contributed by atoms with E-state index in [1.54, 1.807) is 12.1 Å². The Kier molecular flexibility index (Phi) is 6.63. The van der Waals surface area contributed by atoms with E-state index >= 15 is 0 Å². The minimum absolute atomic E-state index is 0.0658. The van der Waals surface area contributed by atoms with E-state index < -0.39 is 12.8 Å². The number of ether oxygens (including phenoxy) is 3. The molecule has 3 rings (SSSR count). The molecular formula is C19H21F3N4O3. The third-order valence-electron chi connectivity index (χ3n) is 3.87. The van der Waals surface area contributed by atoms with Crippen molar-refractivity contribution >= 4 is 5.96 Å². The summed E-state index contributed by atoms with van der Waals surface area (Å²) < 4.78 is 52.7. The van der Waals surface area contributed by atoms with Gasteiger partial charge in [-0.25, -0.2) is 9.98 Å². The molecule has 0 saturated carbocycles. The number of hydrogen-bond acceptors (Lipinski definition) is 5. The molecule has 1 aliphatic heterocycles. The first-order valence-electron chi connectivity index (χ1n) is 8.99. The van der Waals surface area contributed by atoms with Gasteiger partial charge in [-0.05, 0) is 30.7 Å². The van der Waals surface area contributed by atoms with E-state index in [1.165, 1.54) is 6.20 Å². The van der Waals surface area contributed by atoms with Crippen LogP contribution in [0.2, 0.25) is 0 Å². The third-order valence-corrected chi connectivity index (χ3v) is 3.87. The molecule has 0 aliphatic carbocycles. The molecule has 7 nitrogen and oxygen atoms in total. The van der Waals surface area contributed by atoms with Crippen molar-refractivity contribution in [1.82, 2.24) is 15.6 Å². The first-order chi connectivity index (χ1) is 13.9. The molecule has 2 N–H and O–H groups in total. The number of halogens is 3. The Bertz CT molecular complexity index is 859. The van der Waals surface area contributed by atoms with Crippen LogP contribution in [0.1, 0.15) is 18.1 Å². The fraction of sp³-hybridized carbons (Fsp3) is 0.368. The zero-order valence-corrected chi connectivity index (χ0v) is 15.8. The number of rotatable bonds is 7. The molecule has 29 heavy (non-hydrogen) atoms. The van der Waals surface area contributed by atoms with Gasteiger partial charge in [-0.1, -0.05) is 12.1 Å². The number of benzene rings is 1. The monoisotopic (exact) mass is 410 g/mol. The first kappa shape index (κ1) is 20.6. The number of alkyl halides is 3. The van der Waals surface area contributed by atoms with Crippen molar-refractivity contribution in [3.63, 3.8) is 0 Å². The summed E-state index contributed by atoms with van der Waals surface area (Å²) in [4.78, 5) is 8.38. The van der Waals surface area contributed by atoms with Crippen molar-refractivity contribution in [3.05, 3.63) is 47.7 Å². The van der Waals surface area contributed by atoms with Crippen LogP contribution in [0.5, 0.6) is 17.4 Å². The van der Waals surface area contributed by atoms with Crippen molar-refractivity contribution in [3.8, 4) is 17.4 Å². The number of nitrogens with zero attached hydrogens (tertiary/aromatic N) is 2. The lowest BCUT2D eigenvalue weighted by Crippen LogP contribution is -2.37. The molecule has 0 radical (unpaired) electrons. The number of hydrogen-bond donors (Lipinski definition) is 2. The highest BCUT2D eigenvalue weighted by Crippen LogP contribution is 2.32. The molecule has 0 saturated heterocycles. The molecule has 1 aromatic carbocycles. The largest absolute Gasteiger partial charge is 0.468 e. The number of nitrogens with one attached hydrogen (secondary N) is 2. The standard InChI is InChI=1S/C19H21F3N4O3/c1-2-23-18(25-9-13-5-6-15-16(8-13)29-12-28-15)26-10-14-4-3-7-24-17(14)27-11-19(20,21)22/h3-8H,2,9-12H2,1H3,(H2,23,25,26). The van der Waals surface area contributed by atoms with Crippen LogP contribution < -0.4 is 24.8 Å². The minimum Gasteiger partial charge on any atom is -0.468 e. The highest BCUT2D eigenvalue weighted by atomic mass is 19.4. The maximum atomic E-state index is 12.4. The molecule has 0 unspecified atom stereocenters. The van der Waals surface area contributed by atoms with Gasteiger partial charge in [0.1, 0.15) is 0 Å². The highest BCUT2D eigenvalue weighted by molar-refractivity contribution is 5.79. The zero-order valence-electron chi connectivity index (χ0n) is 15.8. The van der Waals surface area contributed by atoms with Crippen LogP contribution in [0.3, 0.4) is 0 Å². The van der Waals surface area contributed by atoms with E-state index in [0.717, 1.165) is 5.56 Å². The quantitative estimate of drug-likeness (QED) is 0.540. The Morgan fingerprint density at radius 2 is 2.03 bits per heavy atom. The van der Waals surface area contributed by atoms with Gasteiger partial charge >= 0.3 is 6.18 Å². The summed E-state index contributed by atoms with van der Waals surface area (Å²) in [6, 6.07) is 8.86. The van der Waals surface area contributed by atoms with E-state index in [1.807, 2.05) is 25.1 Å². The molecule has 0 spiro atoms. The molecule has 156 valence electrons. The Morgan fingerprint density at radius 1 is 1.21 bits per heavy atom. The molecular weight excluding hydrogens is 389 g/mol. The average Bonchev–Trinajstić information content (AvgIpc) is 3.16. The summed E-state index contributed by atoms with van der Waals surface area (Å²) in [5.74, 6) is 1.82. The van der Waals surface area contributed by atoms with Crippen molar-refractivity contribution in [2.45, 2.75) is 26.2 Å². The van der Waals surface area contributed by atoms with Gasteiger partial charge in [0.15, 0.2) is 24.1 Å². The van der Waals surface area contributed by atoms with Crippen molar-refractivity contribution in [1.29, 1.82) is 0 Å². The predicted octanol–water partition coefficient (Wildman–Crippen LogP) is 3.01. The summed E-state index contributed by atoms with van der Waals surface area (Å²) in [6.45, 7) is 1.94. The summed E-state index contributed by atoms with van der Waals surface area (Å²) >= 11 is 0. The number of aliphatic imine (C=N–C) groups is 1. The smallest absolute Gasteiger partial charge is 0.422 e. The first-order valence-corrected chi connectivity index (χ1v) is 8.99. The summed E-state index contributed by atoms with van der Waals surface area (Å²) in [5.41, 5.74) is 1.42. The van der Waals surface area contributed by atoms with Gasteiger partial charge in [-0.3, -0.25) is 0 Å². The van der Waals surface area contributed by atoms with E-state index in [-0.39, 0.29) is 19.2 Å². The molecule has 1 aliphatic rings. The topological polar surface area (TPSA) is 77.0 Å². The summed E-state index contributed by atoms with van der Waals surface area (Å²) in [5, 5.41) is 6.17. The van der Waals surface area contributed by atoms with E-state index in [9.17, 15) is 13.2 Å². The fourth-order valence-electron chi connectivity index (χ4n) is 2.57. The number of fused-ring (bicyclic) bond motifs is 1. The number of pyridine rings is 1. The van der Waals surface area contributed by atoms with Crippen LogP contribution >= 0.6 is 0 Å². The predicted molar refractivity (Wildman–Crippen MR) is 100 cm³/mol. The molecule has 1 aromatic heterocycles. The molecule has 2 heterocycles. The second kappa shape index (κ2) is 9.35. The van der Waals surface area contributed by atoms with Gasteiger partial charge in [0.2, 0.25) is 12.7 Å². The molecule has 0 atom stereocenters. The van der Waals surface area contributed by atoms with Crippen LogP contribution in [-0.4, -0.2) is 37.1 Å². The number of aromatic nitrogens is 1. The lowest BCUT2D eigenvalue weighted by molar-refractivity contribution is -0.154. The maximum absolute atomic E-state index is 12.4. The normalized spacial score (nSPS) is 13.3. The van der Waals surface area contributed by atoms with Crippen LogP contribution in [0.4, 0.5) is 13.2 Å². The van der Waals surface area contributed by atoms with Gasteiger partial charge in [0.25, 0.3) is 0 Å². The van der Waals surface area contributed by atoms with Crippen molar-refractivity contribution in [2.75, 3.05) is 19.9 Å². The van der Waals surface area contributed by atoms with Crippen molar-refractivity contribution in [2.24, 2.45) is 4.99 Å². The van der Waals surface area contributed by atoms with Gasteiger partial charge in [-0.2, -0.15) is 13.2 Å². The second-order valence-electron chi connectivity index (χ2n) is 6.11. The molecule has 2 aromatic rings. The van der Waals surface area contributed by atoms with Crippen LogP contribution in [0, 0.1) is 0 Å². The minimum atomic E-state index is -4.43. The Hall–Kier alpha value is -3.17. The summed E-state index contributed by atoms with van der Waals surface area (Å²) in [6.07, 6.45) is -3.04. The average molecular weight is 410 g/mol. The Labute approximate surface area is 165 Å². The van der Waals surface area contributed by atoms with Crippen molar-refractivity contribution < 1.29 is 27.4 Å². The SMILES string of the molecule is CCNC(=NCc1ccc2c(c1)OCO2)NCc1cccnc1OCC(F)(F)F. The zero-order chi connectivity index (χ0) is 20.7. The molecule has 0 amide bonds. The molecule has 10 heteroatoms. The second-order valence-corrected chi connectivity index (χ2v) is 6.11. The highest BCUT2D eigenvalue weighted by Gasteiger charge is 2.29. The number of guanidine groups is 1. The molecule has 0 fully saturated rings. The van der Waals surface area contributed by atoms with Gasteiger partial charge in [0, 0.05) is 24.8 Å². The van der Waals surface area contributed by atoms with E-state index in [0.29, 0.717) is 36.1 Å². The fourth-order valence-corrected chi connectivity index (χ4v) is 2.57. The van der Waals surface area contributed by atoms with Crippen LogP contribution in [0.15, 0.2) is 41.5 Å². The Balaban J connectivity index is 1.63. The maximum Gasteiger partial charge on any atom is 0.422 e. The van der Waals surface area contributed by atoms with Crippen LogP contribution in [0.25, 0.3) is 0 Å². The molecule has 0 bridgehead atoms. The van der Waals surface area contributed by atoms with Gasteiger partial charge in [0.05, 0.1) is 6.54 Å². The lowest BCUT2D eigenvalue weighted by atomic mass is 10.2. The third kappa shape index (κ3) is 6.16. The summed E-state index contributed by atoms with van der Waals surface area (Å²) in [7, 11) is 0. The Morgan fingerprint density at radius 3 is 2.83 bits per heavy atom.